The van der Waals surface area contributed by atoms with Crippen molar-refractivity contribution in [2.75, 3.05) is 0 Å². The van der Waals surface area contributed by atoms with E-state index in [1.165, 1.54) is 6.42 Å². The molecule has 2 rings (SSSR count). The van der Waals surface area contributed by atoms with Gasteiger partial charge in [0.05, 0.1) is 0 Å². The molecule has 0 spiro atoms. The summed E-state index contributed by atoms with van der Waals surface area (Å²) in [5.74, 6) is 0.0888. The summed E-state index contributed by atoms with van der Waals surface area (Å²) in [4.78, 5) is 11.9. The number of ether oxygens (including phenoxy) is 1. The Balaban J connectivity index is 2.17. The van der Waals surface area contributed by atoms with E-state index in [-0.39, 0.29) is 11.6 Å². The summed E-state index contributed by atoms with van der Waals surface area (Å²) in [6, 6.07) is 0. The van der Waals surface area contributed by atoms with Crippen LogP contribution < -0.4 is 0 Å². The SMILES string of the molecule is C=C(C)C(=O)OC1(C2C=CC=CC2)CCCCC1. The average molecular weight is 246 g/mol. The van der Waals surface area contributed by atoms with Crippen LogP contribution in [-0.2, 0) is 9.53 Å². The summed E-state index contributed by atoms with van der Waals surface area (Å²) in [5.41, 5.74) is 0.200. The lowest BCUT2D eigenvalue weighted by Gasteiger charge is -2.42. The molecule has 1 unspecified atom stereocenters. The van der Waals surface area contributed by atoms with Crippen molar-refractivity contribution in [1.29, 1.82) is 0 Å². The van der Waals surface area contributed by atoms with Crippen molar-refractivity contribution in [2.45, 2.75) is 51.0 Å². The fourth-order valence-electron chi connectivity index (χ4n) is 2.94. The highest BCUT2D eigenvalue weighted by Crippen LogP contribution is 2.41. The predicted molar refractivity (Wildman–Crippen MR) is 73.1 cm³/mol. The number of hydrogen-bond acceptors (Lipinski definition) is 2. The topological polar surface area (TPSA) is 26.3 Å². The monoisotopic (exact) mass is 246 g/mol. The van der Waals surface area contributed by atoms with Crippen molar-refractivity contribution < 1.29 is 9.53 Å². The Morgan fingerprint density at radius 2 is 2.00 bits per heavy atom. The number of allylic oxidation sites excluding steroid dienone is 3. The Kier molecular flexibility index (Phi) is 4.05. The fourth-order valence-corrected chi connectivity index (χ4v) is 2.94. The van der Waals surface area contributed by atoms with Gasteiger partial charge in [0, 0.05) is 11.5 Å². The molecule has 2 nitrogen and oxygen atoms in total. The molecule has 1 atom stereocenters. The van der Waals surface area contributed by atoms with Crippen molar-refractivity contribution in [2.24, 2.45) is 5.92 Å². The molecule has 0 bridgehead atoms. The second kappa shape index (κ2) is 5.55. The second-order valence-electron chi connectivity index (χ2n) is 5.45. The van der Waals surface area contributed by atoms with E-state index in [1.54, 1.807) is 6.92 Å². The van der Waals surface area contributed by atoms with Gasteiger partial charge in [-0.1, -0.05) is 37.3 Å². The van der Waals surface area contributed by atoms with Gasteiger partial charge in [0.15, 0.2) is 0 Å². The minimum absolute atomic E-state index is 0.236. The van der Waals surface area contributed by atoms with Crippen LogP contribution in [0.25, 0.3) is 0 Å². The van der Waals surface area contributed by atoms with E-state index in [9.17, 15) is 4.79 Å². The van der Waals surface area contributed by atoms with E-state index in [0.29, 0.717) is 11.5 Å². The molecule has 0 aromatic carbocycles. The van der Waals surface area contributed by atoms with Crippen LogP contribution in [0.15, 0.2) is 36.5 Å². The first-order chi connectivity index (χ1) is 8.64. The zero-order chi connectivity index (χ0) is 13.0. The van der Waals surface area contributed by atoms with Crippen LogP contribution in [-0.4, -0.2) is 11.6 Å². The second-order valence-corrected chi connectivity index (χ2v) is 5.45. The van der Waals surface area contributed by atoms with Crippen molar-refractivity contribution >= 4 is 5.97 Å². The normalized spacial score (nSPS) is 25.7. The van der Waals surface area contributed by atoms with Crippen molar-refractivity contribution in [3.63, 3.8) is 0 Å². The molecule has 2 heteroatoms. The van der Waals surface area contributed by atoms with Crippen LogP contribution in [0.1, 0.15) is 45.4 Å². The molecule has 1 saturated carbocycles. The molecule has 0 aliphatic heterocycles. The number of esters is 1. The quantitative estimate of drug-likeness (QED) is 0.557. The molecule has 2 aliphatic carbocycles. The maximum absolute atomic E-state index is 11.9. The molecule has 0 radical (unpaired) electrons. The molecule has 0 N–H and O–H groups in total. The third-order valence-electron chi connectivity index (χ3n) is 4.00. The largest absolute Gasteiger partial charge is 0.455 e. The van der Waals surface area contributed by atoms with Gasteiger partial charge in [0.1, 0.15) is 5.60 Å². The minimum Gasteiger partial charge on any atom is -0.455 e. The summed E-state index contributed by atoms with van der Waals surface area (Å²) in [7, 11) is 0. The predicted octanol–water partition coefficient (Wildman–Crippen LogP) is 3.94. The summed E-state index contributed by atoms with van der Waals surface area (Å²) < 4.78 is 5.86. The summed E-state index contributed by atoms with van der Waals surface area (Å²) in [6.07, 6.45) is 15.0. The van der Waals surface area contributed by atoms with Crippen LogP contribution in [0.3, 0.4) is 0 Å². The van der Waals surface area contributed by atoms with Gasteiger partial charge in [-0.15, -0.1) is 0 Å². The first-order valence-corrected chi connectivity index (χ1v) is 6.86. The third-order valence-corrected chi connectivity index (χ3v) is 4.00. The molecular formula is C16H22O2. The van der Waals surface area contributed by atoms with Gasteiger partial charge < -0.3 is 4.74 Å². The summed E-state index contributed by atoms with van der Waals surface area (Å²) in [5, 5.41) is 0. The van der Waals surface area contributed by atoms with Gasteiger partial charge in [-0.3, -0.25) is 0 Å². The van der Waals surface area contributed by atoms with E-state index in [2.05, 4.69) is 30.9 Å². The lowest BCUT2D eigenvalue weighted by Crippen LogP contribution is -2.44. The fraction of sp³-hybridized carbons (Fsp3) is 0.562. The average Bonchev–Trinajstić information content (AvgIpc) is 2.40. The Hall–Kier alpha value is -1.31. The molecule has 1 fully saturated rings. The summed E-state index contributed by atoms with van der Waals surface area (Å²) in [6.45, 7) is 5.41. The van der Waals surface area contributed by atoms with E-state index in [0.717, 1.165) is 32.1 Å². The first-order valence-electron chi connectivity index (χ1n) is 6.86. The Morgan fingerprint density at radius 1 is 1.28 bits per heavy atom. The maximum Gasteiger partial charge on any atom is 0.333 e. The van der Waals surface area contributed by atoms with E-state index < -0.39 is 0 Å². The standard InChI is InChI=1S/C16H22O2/c1-13(2)15(17)18-16(11-7-4-8-12-16)14-9-5-3-6-10-14/h3,5-6,9,14H,1,4,7-8,10-12H2,2H3. The zero-order valence-corrected chi connectivity index (χ0v) is 11.2. The van der Waals surface area contributed by atoms with E-state index in [1.807, 2.05) is 0 Å². The van der Waals surface area contributed by atoms with Crippen LogP contribution >= 0.6 is 0 Å². The van der Waals surface area contributed by atoms with Crippen molar-refractivity contribution in [1.82, 2.24) is 0 Å². The Morgan fingerprint density at radius 3 is 2.56 bits per heavy atom. The van der Waals surface area contributed by atoms with Crippen LogP contribution in [0.4, 0.5) is 0 Å². The molecule has 18 heavy (non-hydrogen) atoms. The smallest absolute Gasteiger partial charge is 0.333 e. The van der Waals surface area contributed by atoms with Crippen LogP contribution in [0.5, 0.6) is 0 Å². The lowest BCUT2D eigenvalue weighted by atomic mass is 9.73. The molecule has 0 aromatic rings. The number of hydrogen-bond donors (Lipinski definition) is 0. The van der Waals surface area contributed by atoms with Gasteiger partial charge in [-0.25, -0.2) is 4.79 Å². The molecule has 2 aliphatic rings. The molecule has 0 saturated heterocycles. The first kappa shape index (κ1) is 13.1. The lowest BCUT2D eigenvalue weighted by molar-refractivity contribution is -0.163. The van der Waals surface area contributed by atoms with Gasteiger partial charge in [0.2, 0.25) is 0 Å². The molecule has 98 valence electrons. The summed E-state index contributed by atoms with van der Waals surface area (Å²) >= 11 is 0. The third kappa shape index (κ3) is 2.74. The minimum atomic E-state index is -0.296. The van der Waals surface area contributed by atoms with Crippen molar-refractivity contribution in [3.8, 4) is 0 Å². The van der Waals surface area contributed by atoms with Gasteiger partial charge in [-0.2, -0.15) is 0 Å². The molecule has 0 heterocycles. The highest BCUT2D eigenvalue weighted by atomic mass is 16.6. The molecular weight excluding hydrogens is 224 g/mol. The number of carbonyl (C=O) groups is 1. The molecule has 0 aromatic heterocycles. The van der Waals surface area contributed by atoms with Crippen molar-refractivity contribution in [3.05, 3.63) is 36.5 Å². The highest BCUT2D eigenvalue weighted by Gasteiger charge is 2.41. The van der Waals surface area contributed by atoms with Gasteiger partial charge in [0.25, 0.3) is 0 Å². The van der Waals surface area contributed by atoms with E-state index in [4.69, 9.17) is 4.74 Å². The van der Waals surface area contributed by atoms with Gasteiger partial charge in [-0.05, 0) is 39.0 Å². The highest BCUT2D eigenvalue weighted by molar-refractivity contribution is 5.87. The zero-order valence-electron chi connectivity index (χ0n) is 11.2. The van der Waals surface area contributed by atoms with E-state index >= 15 is 0 Å². The number of carbonyl (C=O) groups excluding carboxylic acids is 1. The number of rotatable bonds is 3. The van der Waals surface area contributed by atoms with Gasteiger partial charge >= 0.3 is 5.97 Å². The Bertz CT molecular complexity index is 384. The molecule has 0 amide bonds. The maximum atomic E-state index is 11.9. The van der Waals surface area contributed by atoms with Crippen LogP contribution in [0.2, 0.25) is 0 Å². The Labute approximate surface area is 109 Å². The van der Waals surface area contributed by atoms with Crippen LogP contribution in [0, 0.1) is 5.92 Å².